The van der Waals surface area contributed by atoms with Crippen LogP contribution in [0.5, 0.6) is 0 Å². The zero-order valence-corrected chi connectivity index (χ0v) is 16.2. The number of benzene rings is 1. The Hall–Kier alpha value is -1.56. The summed E-state index contributed by atoms with van der Waals surface area (Å²) in [7, 11) is 0. The van der Waals surface area contributed by atoms with Gasteiger partial charge in [0.2, 0.25) is 0 Å². The minimum absolute atomic E-state index is 0.825. The maximum Gasteiger partial charge on any atom is 0.123 e. The molecule has 0 N–H and O–H groups in total. The summed E-state index contributed by atoms with van der Waals surface area (Å²) in [6.07, 6.45) is 4.04. The molecule has 1 aliphatic heterocycles. The molecule has 2 heterocycles. The van der Waals surface area contributed by atoms with E-state index in [9.17, 15) is 0 Å². The van der Waals surface area contributed by atoms with E-state index in [0.717, 1.165) is 56.4 Å². The topological polar surface area (TPSA) is 37.7 Å². The van der Waals surface area contributed by atoms with Crippen molar-refractivity contribution in [1.29, 1.82) is 0 Å². The molecule has 1 aromatic carbocycles. The minimum atomic E-state index is 0.825. The summed E-state index contributed by atoms with van der Waals surface area (Å²) < 4.78 is 5.47. The number of hydrogen-bond acceptors (Lipinski definition) is 5. The van der Waals surface area contributed by atoms with Crippen molar-refractivity contribution in [2.45, 2.75) is 40.2 Å². The Morgan fingerprint density at radius 1 is 1.32 bits per heavy atom. The SMILES string of the molecule is CCC/C(C)=N\c1cc(CN2CCOCC2)cc(-c2nccs2)c1C. The minimum Gasteiger partial charge on any atom is -0.379 e. The molecule has 0 saturated carbocycles. The van der Waals surface area contributed by atoms with Crippen molar-refractivity contribution in [2.75, 3.05) is 26.3 Å². The molecule has 0 radical (unpaired) electrons. The van der Waals surface area contributed by atoms with Crippen molar-refractivity contribution in [3.05, 3.63) is 34.8 Å². The molecule has 0 aliphatic carbocycles. The first-order valence-corrected chi connectivity index (χ1v) is 9.93. The fraction of sp³-hybridized carbons (Fsp3) is 0.500. The summed E-state index contributed by atoms with van der Waals surface area (Å²) in [6, 6.07) is 4.54. The van der Waals surface area contributed by atoms with Gasteiger partial charge in [0.25, 0.3) is 0 Å². The Morgan fingerprint density at radius 3 is 2.80 bits per heavy atom. The first kappa shape index (κ1) is 18.2. The van der Waals surface area contributed by atoms with Crippen LogP contribution in [-0.4, -0.2) is 41.9 Å². The van der Waals surface area contributed by atoms with Gasteiger partial charge in [0.1, 0.15) is 5.01 Å². The van der Waals surface area contributed by atoms with E-state index < -0.39 is 0 Å². The van der Waals surface area contributed by atoms with E-state index in [1.165, 1.54) is 22.4 Å². The number of thiazole rings is 1. The third kappa shape index (κ3) is 4.75. The van der Waals surface area contributed by atoms with Crippen LogP contribution in [0.4, 0.5) is 5.69 Å². The average molecular weight is 358 g/mol. The van der Waals surface area contributed by atoms with Gasteiger partial charge in [-0.2, -0.15) is 0 Å². The van der Waals surface area contributed by atoms with Crippen LogP contribution in [0.1, 0.15) is 37.8 Å². The summed E-state index contributed by atoms with van der Waals surface area (Å²) >= 11 is 1.69. The lowest BCUT2D eigenvalue weighted by atomic mass is 10.0. The Morgan fingerprint density at radius 2 is 2.12 bits per heavy atom. The van der Waals surface area contributed by atoms with E-state index in [2.05, 4.69) is 42.8 Å². The summed E-state index contributed by atoms with van der Waals surface area (Å²) in [6.45, 7) is 11.1. The van der Waals surface area contributed by atoms with Gasteiger partial charge >= 0.3 is 0 Å². The highest BCUT2D eigenvalue weighted by molar-refractivity contribution is 7.13. The van der Waals surface area contributed by atoms with Gasteiger partial charge in [0, 0.05) is 42.5 Å². The number of aliphatic imine (C=N–C) groups is 1. The molecule has 0 bridgehead atoms. The molecule has 1 fully saturated rings. The van der Waals surface area contributed by atoms with Crippen molar-refractivity contribution in [2.24, 2.45) is 4.99 Å². The van der Waals surface area contributed by atoms with Crippen LogP contribution in [0.3, 0.4) is 0 Å². The van der Waals surface area contributed by atoms with Crippen molar-refractivity contribution < 1.29 is 4.74 Å². The average Bonchev–Trinajstić information content (AvgIpc) is 3.13. The van der Waals surface area contributed by atoms with Gasteiger partial charge in [0.15, 0.2) is 0 Å². The molecule has 134 valence electrons. The molecular formula is C20H27N3OS. The van der Waals surface area contributed by atoms with Crippen LogP contribution in [-0.2, 0) is 11.3 Å². The van der Waals surface area contributed by atoms with Gasteiger partial charge < -0.3 is 4.74 Å². The molecule has 0 amide bonds. The maximum absolute atomic E-state index is 5.47. The lowest BCUT2D eigenvalue weighted by molar-refractivity contribution is 0.0342. The third-order valence-corrected chi connectivity index (χ3v) is 5.34. The van der Waals surface area contributed by atoms with E-state index in [-0.39, 0.29) is 0 Å². The second-order valence-corrected chi connectivity index (χ2v) is 7.50. The fourth-order valence-electron chi connectivity index (χ4n) is 3.18. The number of hydrogen-bond donors (Lipinski definition) is 0. The molecule has 2 aromatic rings. The zero-order valence-electron chi connectivity index (χ0n) is 15.4. The zero-order chi connectivity index (χ0) is 17.6. The van der Waals surface area contributed by atoms with Crippen LogP contribution >= 0.6 is 11.3 Å². The smallest absolute Gasteiger partial charge is 0.123 e. The first-order chi connectivity index (χ1) is 12.2. The van der Waals surface area contributed by atoms with Gasteiger partial charge in [-0.05, 0) is 43.5 Å². The highest BCUT2D eigenvalue weighted by Gasteiger charge is 2.15. The lowest BCUT2D eigenvalue weighted by Crippen LogP contribution is -2.35. The van der Waals surface area contributed by atoms with Crippen LogP contribution in [0.25, 0.3) is 10.6 Å². The predicted octanol–water partition coefficient (Wildman–Crippen LogP) is 4.84. The molecular weight excluding hydrogens is 330 g/mol. The molecule has 0 unspecified atom stereocenters. The first-order valence-electron chi connectivity index (χ1n) is 9.05. The van der Waals surface area contributed by atoms with Gasteiger partial charge in [0.05, 0.1) is 18.9 Å². The molecule has 4 nitrogen and oxygen atoms in total. The number of ether oxygens (including phenoxy) is 1. The molecule has 1 aromatic heterocycles. The standard InChI is InChI=1S/C20H27N3OS/c1-4-5-15(2)22-19-13-17(14-23-7-9-24-10-8-23)12-18(16(19)3)20-21-6-11-25-20/h6,11-13H,4-5,7-10,14H2,1-3H3/b22-15-. The van der Waals surface area contributed by atoms with E-state index in [1.54, 1.807) is 11.3 Å². The molecule has 5 heteroatoms. The second-order valence-electron chi connectivity index (χ2n) is 6.61. The molecule has 3 rings (SSSR count). The van der Waals surface area contributed by atoms with Gasteiger partial charge in [-0.3, -0.25) is 9.89 Å². The van der Waals surface area contributed by atoms with Crippen molar-refractivity contribution in [3.8, 4) is 10.6 Å². The summed E-state index contributed by atoms with van der Waals surface area (Å²) in [4.78, 5) is 11.9. The monoisotopic (exact) mass is 357 g/mol. The van der Waals surface area contributed by atoms with Crippen molar-refractivity contribution >= 4 is 22.7 Å². The Bertz CT molecular complexity index is 719. The van der Waals surface area contributed by atoms with E-state index in [0.29, 0.717) is 0 Å². The highest BCUT2D eigenvalue weighted by Crippen LogP contribution is 2.34. The summed E-state index contributed by atoms with van der Waals surface area (Å²) in [5, 5.41) is 3.11. The van der Waals surface area contributed by atoms with Crippen LogP contribution in [0, 0.1) is 6.92 Å². The largest absolute Gasteiger partial charge is 0.379 e. The molecule has 0 atom stereocenters. The fourth-order valence-corrected chi connectivity index (χ4v) is 3.90. The van der Waals surface area contributed by atoms with Crippen LogP contribution in [0.15, 0.2) is 28.7 Å². The van der Waals surface area contributed by atoms with Gasteiger partial charge in [-0.1, -0.05) is 13.3 Å². The quantitative estimate of drug-likeness (QED) is 0.694. The number of rotatable bonds is 6. The van der Waals surface area contributed by atoms with Crippen LogP contribution < -0.4 is 0 Å². The maximum atomic E-state index is 5.47. The third-order valence-electron chi connectivity index (χ3n) is 4.54. The Kier molecular flexibility index (Phi) is 6.34. The van der Waals surface area contributed by atoms with Gasteiger partial charge in [-0.25, -0.2) is 4.98 Å². The highest BCUT2D eigenvalue weighted by atomic mass is 32.1. The summed E-state index contributed by atoms with van der Waals surface area (Å²) in [5.41, 5.74) is 6.02. The molecule has 1 aliphatic rings. The van der Waals surface area contributed by atoms with Gasteiger partial charge in [-0.15, -0.1) is 11.3 Å². The molecule has 1 saturated heterocycles. The lowest BCUT2D eigenvalue weighted by Gasteiger charge is -2.27. The van der Waals surface area contributed by atoms with E-state index in [4.69, 9.17) is 9.73 Å². The second kappa shape index (κ2) is 8.70. The number of aromatic nitrogens is 1. The predicted molar refractivity (Wildman–Crippen MR) is 106 cm³/mol. The van der Waals surface area contributed by atoms with Crippen molar-refractivity contribution in [3.63, 3.8) is 0 Å². The normalized spacial score (nSPS) is 16.4. The number of morpholine rings is 1. The number of nitrogens with zero attached hydrogens (tertiary/aromatic N) is 3. The molecule has 25 heavy (non-hydrogen) atoms. The van der Waals surface area contributed by atoms with Crippen molar-refractivity contribution in [1.82, 2.24) is 9.88 Å². The Labute approximate surface area is 154 Å². The van der Waals surface area contributed by atoms with Crippen LogP contribution in [0.2, 0.25) is 0 Å². The Balaban J connectivity index is 1.96. The van der Waals surface area contributed by atoms with E-state index >= 15 is 0 Å². The molecule has 0 spiro atoms. The van der Waals surface area contributed by atoms with E-state index in [1.807, 2.05) is 11.6 Å². The summed E-state index contributed by atoms with van der Waals surface area (Å²) in [5.74, 6) is 0.